The molecule has 1 aliphatic rings. The van der Waals surface area contributed by atoms with Crippen molar-refractivity contribution in [3.05, 3.63) is 48.5 Å². The van der Waals surface area contributed by atoms with E-state index in [4.69, 9.17) is 9.47 Å². The van der Waals surface area contributed by atoms with Gasteiger partial charge in [-0.1, -0.05) is 18.2 Å². The van der Waals surface area contributed by atoms with Crippen molar-refractivity contribution in [1.29, 1.82) is 0 Å². The second-order valence-corrected chi connectivity index (χ2v) is 6.25. The Morgan fingerprint density at radius 1 is 0.962 bits per heavy atom. The van der Waals surface area contributed by atoms with Gasteiger partial charge in [-0.25, -0.2) is 0 Å². The molecule has 1 amide bonds. The largest absolute Gasteiger partial charge is 0.497 e. The Balaban J connectivity index is 1.52. The topological polar surface area (TPSA) is 54.0 Å². The van der Waals surface area contributed by atoms with Crippen LogP contribution in [0.1, 0.15) is 0 Å². The van der Waals surface area contributed by atoms with Crippen LogP contribution in [0.2, 0.25) is 0 Å². The summed E-state index contributed by atoms with van der Waals surface area (Å²) in [5.41, 5.74) is 1.91. The third-order valence-electron chi connectivity index (χ3n) is 4.50. The molecule has 3 rings (SSSR count). The number of carbonyl (C=O) groups excluding carboxylic acids is 1. The first kappa shape index (κ1) is 18.1. The number of anilines is 2. The van der Waals surface area contributed by atoms with E-state index in [-0.39, 0.29) is 5.91 Å². The number of nitrogens with one attached hydrogen (secondary N) is 1. The van der Waals surface area contributed by atoms with Gasteiger partial charge < -0.3 is 19.7 Å². The predicted molar refractivity (Wildman–Crippen MR) is 103 cm³/mol. The van der Waals surface area contributed by atoms with E-state index in [0.29, 0.717) is 23.7 Å². The molecule has 2 aromatic rings. The van der Waals surface area contributed by atoms with Gasteiger partial charge in [0.2, 0.25) is 5.91 Å². The highest BCUT2D eigenvalue weighted by molar-refractivity contribution is 5.92. The third kappa shape index (κ3) is 4.67. The number of benzene rings is 2. The maximum Gasteiger partial charge on any atom is 0.238 e. The van der Waals surface area contributed by atoms with Crippen LogP contribution in [0.15, 0.2) is 48.5 Å². The Morgan fingerprint density at radius 2 is 1.58 bits per heavy atom. The van der Waals surface area contributed by atoms with Crippen LogP contribution < -0.4 is 19.7 Å². The fraction of sp³-hybridized carbons (Fsp3) is 0.350. The molecule has 0 aliphatic carbocycles. The Morgan fingerprint density at radius 3 is 2.15 bits per heavy atom. The zero-order chi connectivity index (χ0) is 18.4. The summed E-state index contributed by atoms with van der Waals surface area (Å²) in [6.45, 7) is 3.95. The molecule has 0 aromatic heterocycles. The first-order valence-electron chi connectivity index (χ1n) is 8.73. The van der Waals surface area contributed by atoms with Crippen molar-refractivity contribution in [3.8, 4) is 11.5 Å². The van der Waals surface area contributed by atoms with Crippen molar-refractivity contribution in [2.75, 3.05) is 57.2 Å². The van der Waals surface area contributed by atoms with Crippen molar-refractivity contribution in [3.63, 3.8) is 0 Å². The standard InChI is InChI=1S/C20H25N3O3/c1-25-18-12-16(13-19(14-18)26-2)21-20(24)15-22-8-10-23(11-9-22)17-6-4-3-5-7-17/h3-7,12-14H,8-11,15H2,1-2H3,(H,21,24). The van der Waals surface area contributed by atoms with Gasteiger partial charge in [0.05, 0.1) is 20.8 Å². The Bertz CT molecular complexity index is 706. The first-order valence-corrected chi connectivity index (χ1v) is 8.73. The third-order valence-corrected chi connectivity index (χ3v) is 4.50. The van der Waals surface area contributed by atoms with E-state index in [0.717, 1.165) is 26.2 Å². The second-order valence-electron chi connectivity index (χ2n) is 6.25. The molecule has 1 aliphatic heterocycles. The smallest absolute Gasteiger partial charge is 0.238 e. The molecule has 0 saturated carbocycles. The molecule has 0 bridgehead atoms. The van der Waals surface area contributed by atoms with E-state index in [2.05, 4.69) is 39.4 Å². The van der Waals surface area contributed by atoms with E-state index >= 15 is 0 Å². The van der Waals surface area contributed by atoms with Crippen LogP contribution >= 0.6 is 0 Å². The zero-order valence-electron chi connectivity index (χ0n) is 15.3. The maximum absolute atomic E-state index is 12.4. The fourth-order valence-corrected chi connectivity index (χ4v) is 3.09. The summed E-state index contributed by atoms with van der Waals surface area (Å²) < 4.78 is 10.5. The van der Waals surface area contributed by atoms with Crippen molar-refractivity contribution in [1.82, 2.24) is 4.90 Å². The van der Waals surface area contributed by atoms with E-state index in [9.17, 15) is 4.79 Å². The minimum Gasteiger partial charge on any atom is -0.497 e. The fourth-order valence-electron chi connectivity index (χ4n) is 3.09. The number of nitrogens with zero attached hydrogens (tertiary/aromatic N) is 2. The van der Waals surface area contributed by atoms with Crippen LogP contribution in [-0.4, -0.2) is 57.8 Å². The van der Waals surface area contributed by atoms with E-state index in [1.165, 1.54) is 5.69 Å². The minimum atomic E-state index is -0.0338. The molecule has 138 valence electrons. The number of piperazine rings is 1. The number of rotatable bonds is 6. The van der Waals surface area contributed by atoms with Crippen LogP contribution in [-0.2, 0) is 4.79 Å². The number of para-hydroxylation sites is 1. The van der Waals surface area contributed by atoms with Gasteiger partial charge in [-0.2, -0.15) is 0 Å². The molecule has 1 saturated heterocycles. The molecule has 0 radical (unpaired) electrons. The Hall–Kier alpha value is -2.73. The van der Waals surface area contributed by atoms with Crippen LogP contribution in [0.25, 0.3) is 0 Å². The molecule has 0 spiro atoms. The number of methoxy groups -OCH3 is 2. The summed E-state index contributed by atoms with van der Waals surface area (Å²) in [6, 6.07) is 15.7. The molecule has 6 heteroatoms. The predicted octanol–water partition coefficient (Wildman–Crippen LogP) is 2.46. The highest BCUT2D eigenvalue weighted by Gasteiger charge is 2.19. The van der Waals surface area contributed by atoms with Gasteiger partial charge in [-0.15, -0.1) is 0 Å². The monoisotopic (exact) mass is 355 g/mol. The van der Waals surface area contributed by atoms with Gasteiger partial charge in [-0.05, 0) is 12.1 Å². The van der Waals surface area contributed by atoms with Crippen LogP contribution in [0.5, 0.6) is 11.5 Å². The number of hydrogen-bond acceptors (Lipinski definition) is 5. The van der Waals surface area contributed by atoms with Crippen molar-refractivity contribution in [2.24, 2.45) is 0 Å². The summed E-state index contributed by atoms with van der Waals surface area (Å²) in [4.78, 5) is 16.9. The molecule has 1 heterocycles. The van der Waals surface area contributed by atoms with Gasteiger partial charge in [-0.3, -0.25) is 9.69 Å². The Kier molecular flexibility index (Phi) is 5.96. The van der Waals surface area contributed by atoms with Gasteiger partial charge in [0, 0.05) is 55.8 Å². The quantitative estimate of drug-likeness (QED) is 0.863. The molecule has 0 atom stereocenters. The van der Waals surface area contributed by atoms with Crippen LogP contribution in [0, 0.1) is 0 Å². The summed E-state index contributed by atoms with van der Waals surface area (Å²) in [5.74, 6) is 1.26. The average molecular weight is 355 g/mol. The highest BCUT2D eigenvalue weighted by atomic mass is 16.5. The number of hydrogen-bond donors (Lipinski definition) is 1. The highest BCUT2D eigenvalue weighted by Crippen LogP contribution is 2.25. The zero-order valence-corrected chi connectivity index (χ0v) is 15.3. The molecule has 26 heavy (non-hydrogen) atoms. The molecule has 1 N–H and O–H groups in total. The molecule has 1 fully saturated rings. The number of carbonyl (C=O) groups is 1. The minimum absolute atomic E-state index is 0.0338. The summed E-state index contributed by atoms with van der Waals surface area (Å²) in [5, 5.41) is 2.93. The summed E-state index contributed by atoms with van der Waals surface area (Å²) in [6.07, 6.45) is 0. The summed E-state index contributed by atoms with van der Waals surface area (Å²) >= 11 is 0. The molecule has 2 aromatic carbocycles. The van der Waals surface area contributed by atoms with E-state index < -0.39 is 0 Å². The van der Waals surface area contributed by atoms with E-state index in [1.807, 2.05) is 6.07 Å². The average Bonchev–Trinajstić information content (AvgIpc) is 2.68. The SMILES string of the molecule is COc1cc(NC(=O)CN2CCN(c3ccccc3)CC2)cc(OC)c1. The second kappa shape index (κ2) is 8.58. The lowest BCUT2D eigenvalue weighted by Gasteiger charge is -2.35. The van der Waals surface area contributed by atoms with Gasteiger partial charge >= 0.3 is 0 Å². The van der Waals surface area contributed by atoms with Crippen molar-refractivity contribution < 1.29 is 14.3 Å². The van der Waals surface area contributed by atoms with Crippen LogP contribution in [0.3, 0.4) is 0 Å². The van der Waals surface area contributed by atoms with Crippen molar-refractivity contribution in [2.45, 2.75) is 0 Å². The molecular formula is C20H25N3O3. The van der Waals surface area contributed by atoms with Gasteiger partial charge in [0.25, 0.3) is 0 Å². The normalized spacial score (nSPS) is 14.8. The molecular weight excluding hydrogens is 330 g/mol. The Labute approximate surface area is 154 Å². The lowest BCUT2D eigenvalue weighted by atomic mass is 10.2. The lowest BCUT2D eigenvalue weighted by molar-refractivity contribution is -0.117. The van der Waals surface area contributed by atoms with Crippen molar-refractivity contribution >= 4 is 17.3 Å². The molecule has 6 nitrogen and oxygen atoms in total. The lowest BCUT2D eigenvalue weighted by Crippen LogP contribution is -2.48. The number of ether oxygens (including phenoxy) is 2. The number of amides is 1. The first-order chi connectivity index (χ1) is 12.7. The summed E-state index contributed by atoms with van der Waals surface area (Å²) in [7, 11) is 3.18. The van der Waals surface area contributed by atoms with Crippen LogP contribution in [0.4, 0.5) is 11.4 Å². The van der Waals surface area contributed by atoms with E-state index in [1.54, 1.807) is 32.4 Å². The van der Waals surface area contributed by atoms with Gasteiger partial charge in [0.15, 0.2) is 0 Å². The molecule has 0 unspecified atom stereocenters. The maximum atomic E-state index is 12.4. The van der Waals surface area contributed by atoms with Gasteiger partial charge in [0.1, 0.15) is 11.5 Å².